The van der Waals surface area contributed by atoms with Crippen molar-refractivity contribution in [1.29, 1.82) is 0 Å². The Morgan fingerprint density at radius 3 is 1.91 bits per heavy atom. The van der Waals surface area contributed by atoms with Crippen LogP contribution in [0.2, 0.25) is 0 Å². The topological polar surface area (TPSA) is 20.3 Å². The molecule has 0 atom stereocenters. The van der Waals surface area contributed by atoms with Gasteiger partial charge in [0.25, 0.3) is 0 Å². The predicted molar refractivity (Wildman–Crippen MR) is 143 cm³/mol. The van der Waals surface area contributed by atoms with Gasteiger partial charge in [0.05, 0.1) is 0 Å². The summed E-state index contributed by atoms with van der Waals surface area (Å²) >= 11 is 0. The van der Waals surface area contributed by atoms with Gasteiger partial charge in [-0.1, -0.05) is 122 Å². The zero-order chi connectivity index (χ0) is 23.6. The summed E-state index contributed by atoms with van der Waals surface area (Å²) in [5, 5.41) is 0. The zero-order valence-corrected chi connectivity index (χ0v) is 20.4. The maximum absolute atomic E-state index is 13.7. The molecule has 0 bridgehead atoms. The normalized spacial score (nSPS) is 14.8. The molecule has 1 amide bonds. The number of hydrogen-bond acceptors (Lipinski definition) is 1. The SMILES string of the molecule is CC(=Cc1ccccc1)CN(CCC(c1ccccc1)c1ccccc1)C(=O)C1CCCCC1. The van der Waals surface area contributed by atoms with Crippen molar-refractivity contribution in [2.45, 2.75) is 51.4 Å². The third-order valence-electron chi connectivity index (χ3n) is 7.01. The van der Waals surface area contributed by atoms with Crippen LogP contribution in [0.15, 0.2) is 96.6 Å². The Labute approximate surface area is 205 Å². The molecule has 3 aromatic carbocycles. The Hall–Kier alpha value is -3.13. The molecule has 0 spiro atoms. The summed E-state index contributed by atoms with van der Waals surface area (Å²) < 4.78 is 0. The molecule has 0 saturated heterocycles. The predicted octanol–water partition coefficient (Wildman–Crippen LogP) is 7.72. The highest BCUT2D eigenvalue weighted by Gasteiger charge is 2.27. The Bertz CT molecular complexity index is 997. The molecule has 2 heteroatoms. The molecule has 3 aromatic rings. The van der Waals surface area contributed by atoms with Crippen molar-refractivity contribution in [2.24, 2.45) is 5.92 Å². The summed E-state index contributed by atoms with van der Waals surface area (Å²) in [6.07, 6.45) is 8.84. The number of benzene rings is 3. The fraction of sp³-hybridized carbons (Fsp3) is 0.344. The Balaban J connectivity index is 1.54. The van der Waals surface area contributed by atoms with Crippen LogP contribution in [-0.2, 0) is 4.79 Å². The van der Waals surface area contributed by atoms with Crippen molar-refractivity contribution in [1.82, 2.24) is 4.90 Å². The van der Waals surface area contributed by atoms with Crippen molar-refractivity contribution < 1.29 is 4.79 Å². The molecular formula is C32H37NO. The Morgan fingerprint density at radius 1 is 0.824 bits per heavy atom. The van der Waals surface area contributed by atoms with Gasteiger partial charge in [-0.25, -0.2) is 0 Å². The first-order chi connectivity index (χ1) is 16.7. The van der Waals surface area contributed by atoms with Crippen LogP contribution < -0.4 is 0 Å². The second kappa shape index (κ2) is 12.4. The van der Waals surface area contributed by atoms with Crippen molar-refractivity contribution >= 4 is 12.0 Å². The average molecular weight is 452 g/mol. The van der Waals surface area contributed by atoms with E-state index in [1.54, 1.807) is 0 Å². The van der Waals surface area contributed by atoms with E-state index in [1.807, 2.05) is 6.07 Å². The van der Waals surface area contributed by atoms with Gasteiger partial charge in [0, 0.05) is 24.9 Å². The van der Waals surface area contributed by atoms with Gasteiger partial charge in [-0.3, -0.25) is 4.79 Å². The van der Waals surface area contributed by atoms with Crippen molar-refractivity contribution in [3.8, 4) is 0 Å². The highest BCUT2D eigenvalue weighted by molar-refractivity contribution is 5.79. The Morgan fingerprint density at radius 2 is 1.35 bits per heavy atom. The smallest absolute Gasteiger partial charge is 0.225 e. The lowest BCUT2D eigenvalue weighted by Crippen LogP contribution is -2.39. The molecule has 0 aliphatic heterocycles. The van der Waals surface area contributed by atoms with Crippen LogP contribution in [0.25, 0.3) is 6.08 Å². The van der Waals surface area contributed by atoms with E-state index >= 15 is 0 Å². The highest BCUT2D eigenvalue weighted by atomic mass is 16.2. The second-order valence-electron chi connectivity index (χ2n) is 9.66. The van der Waals surface area contributed by atoms with Gasteiger partial charge in [-0.2, -0.15) is 0 Å². The van der Waals surface area contributed by atoms with Crippen molar-refractivity contribution in [3.05, 3.63) is 113 Å². The van der Waals surface area contributed by atoms with E-state index < -0.39 is 0 Å². The van der Waals surface area contributed by atoms with Crippen LogP contribution in [0.1, 0.15) is 68.1 Å². The number of rotatable bonds is 9. The molecule has 176 valence electrons. The van der Waals surface area contributed by atoms with E-state index in [0.717, 1.165) is 25.8 Å². The summed E-state index contributed by atoms with van der Waals surface area (Å²) in [4.78, 5) is 15.8. The molecule has 1 aliphatic rings. The van der Waals surface area contributed by atoms with Gasteiger partial charge in [0.2, 0.25) is 5.91 Å². The van der Waals surface area contributed by atoms with Gasteiger partial charge in [0.15, 0.2) is 0 Å². The van der Waals surface area contributed by atoms with Crippen LogP contribution >= 0.6 is 0 Å². The third-order valence-corrected chi connectivity index (χ3v) is 7.01. The van der Waals surface area contributed by atoms with Gasteiger partial charge in [0.1, 0.15) is 0 Å². The molecule has 34 heavy (non-hydrogen) atoms. The van der Waals surface area contributed by atoms with Gasteiger partial charge in [-0.05, 0) is 42.9 Å². The summed E-state index contributed by atoms with van der Waals surface area (Å²) in [6.45, 7) is 3.62. The molecule has 4 rings (SSSR count). The van der Waals surface area contributed by atoms with Crippen molar-refractivity contribution in [2.75, 3.05) is 13.1 Å². The molecule has 1 saturated carbocycles. The van der Waals surface area contributed by atoms with Crippen LogP contribution in [0.5, 0.6) is 0 Å². The van der Waals surface area contributed by atoms with Crippen molar-refractivity contribution in [3.63, 3.8) is 0 Å². The van der Waals surface area contributed by atoms with Crippen LogP contribution in [0.4, 0.5) is 0 Å². The van der Waals surface area contributed by atoms with Gasteiger partial charge >= 0.3 is 0 Å². The van der Waals surface area contributed by atoms with Gasteiger partial charge < -0.3 is 4.90 Å². The van der Waals surface area contributed by atoms with E-state index in [4.69, 9.17) is 0 Å². The van der Waals surface area contributed by atoms with Gasteiger partial charge in [-0.15, -0.1) is 0 Å². The summed E-state index contributed by atoms with van der Waals surface area (Å²) in [5.74, 6) is 0.813. The molecule has 0 unspecified atom stereocenters. The van der Waals surface area contributed by atoms with E-state index in [1.165, 1.54) is 41.5 Å². The minimum atomic E-state index is 0.185. The summed E-state index contributed by atoms with van der Waals surface area (Å²) in [7, 11) is 0. The standard InChI is InChI=1S/C32H37NO/c1-26(24-27-14-6-2-7-15-27)25-33(32(34)30-20-12-5-13-21-30)23-22-31(28-16-8-3-9-17-28)29-18-10-4-11-19-29/h2-4,6-11,14-19,24,30-31H,5,12-13,20-23,25H2,1H3. The fourth-order valence-corrected chi connectivity index (χ4v) is 5.24. The third kappa shape index (κ3) is 6.70. The fourth-order valence-electron chi connectivity index (χ4n) is 5.24. The maximum atomic E-state index is 13.7. The Kier molecular flexibility index (Phi) is 8.73. The molecule has 0 radical (unpaired) electrons. The molecular weight excluding hydrogens is 414 g/mol. The minimum Gasteiger partial charge on any atom is -0.338 e. The first-order valence-electron chi connectivity index (χ1n) is 12.8. The van der Waals surface area contributed by atoms with E-state index in [0.29, 0.717) is 12.5 Å². The molecule has 2 nitrogen and oxygen atoms in total. The quantitative estimate of drug-likeness (QED) is 0.326. The summed E-state index contributed by atoms with van der Waals surface area (Å²) in [6, 6.07) is 31.9. The number of carbonyl (C=O) groups is 1. The molecule has 0 heterocycles. The number of carbonyl (C=O) groups excluding carboxylic acids is 1. The van der Waals surface area contributed by atoms with E-state index in [9.17, 15) is 4.79 Å². The second-order valence-corrected chi connectivity index (χ2v) is 9.66. The molecule has 0 N–H and O–H groups in total. The molecule has 0 aromatic heterocycles. The first kappa shape index (κ1) is 24.0. The number of nitrogens with zero attached hydrogens (tertiary/aromatic N) is 1. The number of amides is 1. The highest BCUT2D eigenvalue weighted by Crippen LogP contribution is 2.30. The zero-order valence-electron chi connectivity index (χ0n) is 20.4. The lowest BCUT2D eigenvalue weighted by atomic mass is 9.86. The van der Waals surface area contributed by atoms with E-state index in [-0.39, 0.29) is 11.8 Å². The molecule has 1 aliphatic carbocycles. The van der Waals surface area contributed by atoms with E-state index in [2.05, 4.69) is 103 Å². The lowest BCUT2D eigenvalue weighted by Gasteiger charge is -2.31. The van der Waals surface area contributed by atoms with Crippen LogP contribution in [0.3, 0.4) is 0 Å². The average Bonchev–Trinajstić information content (AvgIpc) is 2.90. The monoisotopic (exact) mass is 451 g/mol. The lowest BCUT2D eigenvalue weighted by molar-refractivity contribution is -0.136. The maximum Gasteiger partial charge on any atom is 0.225 e. The first-order valence-corrected chi connectivity index (χ1v) is 12.8. The van der Waals surface area contributed by atoms with Crippen LogP contribution in [0, 0.1) is 5.92 Å². The number of hydrogen-bond donors (Lipinski definition) is 0. The largest absolute Gasteiger partial charge is 0.338 e. The minimum absolute atomic E-state index is 0.185. The van der Waals surface area contributed by atoms with Crippen LogP contribution in [-0.4, -0.2) is 23.9 Å². The molecule has 1 fully saturated rings. The summed E-state index contributed by atoms with van der Waals surface area (Å²) in [5.41, 5.74) is 5.05.